The highest BCUT2D eigenvalue weighted by molar-refractivity contribution is 5.98. The molecule has 2 aliphatic heterocycles. The molecule has 2 amide bonds. The van der Waals surface area contributed by atoms with Crippen molar-refractivity contribution in [3.8, 4) is 0 Å². The fraction of sp³-hybridized carbons (Fsp3) is 0.667. The van der Waals surface area contributed by atoms with E-state index >= 15 is 0 Å². The summed E-state index contributed by atoms with van der Waals surface area (Å²) in [6.07, 6.45) is 5.72. The minimum atomic E-state index is -0.0864. The second kappa shape index (κ2) is 9.05. The molecular weight excluding hydrogens is 362 g/mol. The third kappa shape index (κ3) is 5.00. The van der Waals surface area contributed by atoms with E-state index < -0.39 is 0 Å². The molecule has 0 aliphatic carbocycles. The van der Waals surface area contributed by atoms with Gasteiger partial charge in [-0.15, -0.1) is 0 Å². The summed E-state index contributed by atoms with van der Waals surface area (Å²) in [4.78, 5) is 34.2. The molecule has 10 heteroatoms. The van der Waals surface area contributed by atoms with Crippen LogP contribution in [0.4, 0.5) is 5.69 Å². The number of aliphatic imine (C=N–C) groups is 1. The van der Waals surface area contributed by atoms with Gasteiger partial charge in [-0.25, -0.2) is 4.99 Å². The monoisotopic (exact) mass is 391 g/mol. The molecule has 10 nitrogen and oxygen atoms in total. The number of anilines is 1. The van der Waals surface area contributed by atoms with Crippen molar-refractivity contribution in [3.05, 3.63) is 12.4 Å². The van der Waals surface area contributed by atoms with Gasteiger partial charge in [0, 0.05) is 53.6 Å². The van der Waals surface area contributed by atoms with Gasteiger partial charge in [-0.05, 0) is 12.8 Å². The zero-order valence-electron chi connectivity index (χ0n) is 16.8. The van der Waals surface area contributed by atoms with E-state index in [0.717, 1.165) is 25.1 Å². The minimum Gasteiger partial charge on any atom is -0.376 e. The summed E-state index contributed by atoms with van der Waals surface area (Å²) in [7, 11) is 5.23. The van der Waals surface area contributed by atoms with E-state index in [1.807, 2.05) is 18.1 Å². The van der Waals surface area contributed by atoms with Crippen molar-refractivity contribution < 1.29 is 14.3 Å². The number of rotatable bonds is 5. The molecule has 1 aromatic rings. The largest absolute Gasteiger partial charge is 0.376 e. The van der Waals surface area contributed by atoms with Gasteiger partial charge >= 0.3 is 0 Å². The molecule has 3 rings (SSSR count). The number of aromatic nitrogens is 2. The van der Waals surface area contributed by atoms with Gasteiger partial charge in [0.2, 0.25) is 11.8 Å². The molecular formula is C18H29N7O3. The summed E-state index contributed by atoms with van der Waals surface area (Å²) in [6, 6.07) is 0. The molecule has 0 saturated carbocycles. The number of hydrogen-bond donors (Lipinski definition) is 1. The highest BCUT2D eigenvalue weighted by Gasteiger charge is 2.28. The lowest BCUT2D eigenvalue weighted by Gasteiger charge is -2.35. The minimum absolute atomic E-state index is 0.0233. The second-order valence-electron chi connectivity index (χ2n) is 7.28. The van der Waals surface area contributed by atoms with Gasteiger partial charge in [0.1, 0.15) is 13.1 Å². The molecule has 0 bridgehead atoms. The summed E-state index contributed by atoms with van der Waals surface area (Å²) < 4.78 is 7.34. The van der Waals surface area contributed by atoms with E-state index in [2.05, 4.69) is 15.4 Å². The molecule has 28 heavy (non-hydrogen) atoms. The first kappa shape index (κ1) is 20.1. The topological polar surface area (TPSA) is 95.3 Å². The normalized spacial score (nSPS) is 20.6. The van der Waals surface area contributed by atoms with Gasteiger partial charge in [0.15, 0.2) is 5.96 Å². The van der Waals surface area contributed by atoms with Crippen LogP contribution in [0.5, 0.6) is 0 Å². The zero-order valence-corrected chi connectivity index (χ0v) is 16.8. The molecule has 2 aliphatic rings. The van der Waals surface area contributed by atoms with Crippen molar-refractivity contribution in [3.63, 3.8) is 0 Å². The lowest BCUT2D eigenvalue weighted by Crippen LogP contribution is -2.56. The van der Waals surface area contributed by atoms with E-state index in [9.17, 15) is 9.59 Å². The van der Waals surface area contributed by atoms with Gasteiger partial charge in [-0.2, -0.15) is 5.10 Å². The average molecular weight is 391 g/mol. The number of guanidine groups is 1. The number of piperazine rings is 1. The highest BCUT2D eigenvalue weighted by Crippen LogP contribution is 2.16. The number of hydrogen-bond acceptors (Lipinski definition) is 5. The van der Waals surface area contributed by atoms with Crippen LogP contribution in [0.25, 0.3) is 0 Å². The average Bonchev–Trinajstić information content (AvgIpc) is 3.33. The molecule has 1 unspecified atom stereocenters. The molecule has 0 aromatic carbocycles. The van der Waals surface area contributed by atoms with E-state index in [1.165, 1.54) is 4.90 Å². The zero-order chi connectivity index (χ0) is 20.1. The van der Waals surface area contributed by atoms with Crippen molar-refractivity contribution in [2.45, 2.75) is 18.9 Å². The summed E-state index contributed by atoms with van der Waals surface area (Å²) >= 11 is 0. The SMILES string of the molecule is CN(C)C(=O)CN=C(NCC1CCCO1)N1CCN(c2cnn(C)c2)C(=O)C1. The summed E-state index contributed by atoms with van der Waals surface area (Å²) in [5.74, 6) is 0.464. The van der Waals surface area contributed by atoms with E-state index in [0.29, 0.717) is 25.6 Å². The maximum Gasteiger partial charge on any atom is 0.246 e. The maximum absolute atomic E-state index is 12.7. The Bertz CT molecular complexity index is 725. The number of likely N-dealkylation sites (N-methyl/N-ethyl adjacent to an activating group) is 1. The highest BCUT2D eigenvalue weighted by atomic mass is 16.5. The van der Waals surface area contributed by atoms with Crippen molar-refractivity contribution in [2.75, 3.05) is 58.3 Å². The Kier molecular flexibility index (Phi) is 6.50. The third-order valence-corrected chi connectivity index (χ3v) is 4.90. The molecule has 0 spiro atoms. The van der Waals surface area contributed by atoms with Crippen molar-refractivity contribution in [1.82, 2.24) is 24.9 Å². The lowest BCUT2D eigenvalue weighted by atomic mass is 10.2. The van der Waals surface area contributed by atoms with Crippen LogP contribution in [0.1, 0.15) is 12.8 Å². The van der Waals surface area contributed by atoms with Crippen molar-refractivity contribution in [2.24, 2.45) is 12.0 Å². The molecule has 0 radical (unpaired) electrons. The molecule has 3 heterocycles. The van der Waals surface area contributed by atoms with E-state index in [-0.39, 0.29) is 31.0 Å². The van der Waals surface area contributed by atoms with Crippen LogP contribution in [0.15, 0.2) is 17.4 Å². The molecule has 154 valence electrons. The van der Waals surface area contributed by atoms with Gasteiger partial charge < -0.3 is 24.8 Å². The van der Waals surface area contributed by atoms with Crippen LogP contribution in [0.2, 0.25) is 0 Å². The van der Waals surface area contributed by atoms with Crippen LogP contribution in [-0.2, 0) is 21.4 Å². The molecule has 2 fully saturated rings. The summed E-state index contributed by atoms with van der Waals surface area (Å²) in [5, 5.41) is 7.43. The Hall–Kier alpha value is -2.62. The van der Waals surface area contributed by atoms with E-state index in [1.54, 1.807) is 29.9 Å². The Morgan fingerprint density at radius 3 is 2.86 bits per heavy atom. The predicted octanol–water partition coefficient (Wildman–Crippen LogP) is -0.718. The van der Waals surface area contributed by atoms with Gasteiger partial charge in [-0.1, -0.05) is 0 Å². The fourth-order valence-electron chi connectivity index (χ4n) is 3.24. The molecule has 2 saturated heterocycles. The molecule has 1 aromatic heterocycles. The number of amides is 2. The first-order chi connectivity index (χ1) is 13.4. The van der Waals surface area contributed by atoms with Crippen molar-refractivity contribution >= 4 is 23.5 Å². The van der Waals surface area contributed by atoms with Crippen LogP contribution < -0.4 is 10.2 Å². The molecule has 1 N–H and O–H groups in total. The first-order valence-electron chi connectivity index (χ1n) is 9.58. The number of aryl methyl sites for hydroxylation is 1. The lowest BCUT2D eigenvalue weighted by molar-refractivity contribution is -0.127. The Morgan fingerprint density at radius 1 is 1.43 bits per heavy atom. The smallest absolute Gasteiger partial charge is 0.246 e. The van der Waals surface area contributed by atoms with Crippen LogP contribution in [0.3, 0.4) is 0 Å². The number of carbonyl (C=O) groups is 2. The Morgan fingerprint density at radius 2 is 2.25 bits per heavy atom. The van der Waals surface area contributed by atoms with Crippen molar-refractivity contribution in [1.29, 1.82) is 0 Å². The summed E-state index contributed by atoms with van der Waals surface area (Å²) in [5.41, 5.74) is 0.792. The Balaban J connectivity index is 1.65. The Labute approximate surface area is 165 Å². The van der Waals surface area contributed by atoms with E-state index in [4.69, 9.17) is 4.74 Å². The van der Waals surface area contributed by atoms with Crippen LogP contribution in [-0.4, -0.2) is 96.9 Å². The molecule has 1 atom stereocenters. The first-order valence-corrected chi connectivity index (χ1v) is 9.58. The fourth-order valence-corrected chi connectivity index (χ4v) is 3.24. The quantitative estimate of drug-likeness (QED) is 0.526. The predicted molar refractivity (Wildman–Crippen MR) is 105 cm³/mol. The van der Waals surface area contributed by atoms with Crippen LogP contribution >= 0.6 is 0 Å². The second-order valence-corrected chi connectivity index (χ2v) is 7.28. The number of nitrogens with zero attached hydrogens (tertiary/aromatic N) is 6. The van der Waals surface area contributed by atoms with Gasteiger partial charge in [-0.3, -0.25) is 14.3 Å². The number of ether oxygens (including phenoxy) is 1. The standard InChI is InChI=1S/C18H29N7O3/c1-22(2)16(26)11-20-18(19-10-15-5-4-8-28-15)24-6-7-25(17(27)13-24)14-9-21-23(3)12-14/h9,12,15H,4-8,10-11,13H2,1-3H3,(H,19,20). The maximum atomic E-state index is 12.7. The van der Waals surface area contributed by atoms with Crippen LogP contribution in [0, 0.1) is 0 Å². The number of carbonyl (C=O) groups excluding carboxylic acids is 2. The third-order valence-electron chi connectivity index (χ3n) is 4.90. The number of nitrogens with one attached hydrogen (secondary N) is 1. The van der Waals surface area contributed by atoms with Gasteiger partial charge in [0.25, 0.3) is 0 Å². The summed E-state index contributed by atoms with van der Waals surface area (Å²) in [6.45, 7) is 2.79. The van der Waals surface area contributed by atoms with Gasteiger partial charge in [0.05, 0.1) is 18.0 Å².